The molecule has 2 aromatic carbocycles. The van der Waals surface area contributed by atoms with E-state index in [0.717, 1.165) is 17.3 Å². The fourth-order valence-corrected chi connectivity index (χ4v) is 2.33. The number of halogens is 1. The Bertz CT molecular complexity index is 590. The van der Waals surface area contributed by atoms with Crippen molar-refractivity contribution in [3.8, 4) is 0 Å². The fourth-order valence-electron chi connectivity index (χ4n) is 1.95. The molecule has 0 spiro atoms. The van der Waals surface area contributed by atoms with E-state index in [1.54, 1.807) is 18.2 Å². The van der Waals surface area contributed by atoms with Crippen LogP contribution in [0.25, 0.3) is 0 Å². The number of aryl methyl sites for hydroxylation is 1. The van der Waals surface area contributed by atoms with Gasteiger partial charge in [0.05, 0.1) is 0 Å². The van der Waals surface area contributed by atoms with Crippen molar-refractivity contribution in [2.45, 2.75) is 19.8 Å². The van der Waals surface area contributed by atoms with Gasteiger partial charge in [0.25, 0.3) is 0 Å². The molecule has 0 aliphatic rings. The molecule has 0 saturated carbocycles. The lowest BCUT2D eigenvalue weighted by Crippen LogP contribution is -2.02. The predicted molar refractivity (Wildman–Crippen MR) is 82.4 cm³/mol. The van der Waals surface area contributed by atoms with Crippen LogP contribution >= 0.6 is 15.9 Å². The van der Waals surface area contributed by atoms with Gasteiger partial charge in [-0.3, -0.25) is 4.79 Å². The Morgan fingerprint density at radius 3 is 2.32 bits per heavy atom. The first-order valence-electron chi connectivity index (χ1n) is 6.30. The third-order valence-electron chi connectivity index (χ3n) is 3.02. The molecule has 98 valence electrons. The molecular formula is C16H16BrNO. The summed E-state index contributed by atoms with van der Waals surface area (Å²) in [5.74, 6) is 0.0174. The topological polar surface area (TPSA) is 43.1 Å². The normalized spacial score (nSPS) is 10.4. The maximum Gasteiger partial charge on any atom is 0.193 e. The van der Waals surface area contributed by atoms with Gasteiger partial charge in [-0.15, -0.1) is 0 Å². The minimum atomic E-state index is 0.0174. The quantitative estimate of drug-likeness (QED) is 0.678. The second-order valence-corrected chi connectivity index (χ2v) is 5.37. The lowest BCUT2D eigenvalue weighted by Gasteiger charge is -2.05. The van der Waals surface area contributed by atoms with Crippen molar-refractivity contribution in [1.82, 2.24) is 0 Å². The molecule has 2 aromatic rings. The maximum absolute atomic E-state index is 12.3. The van der Waals surface area contributed by atoms with E-state index in [2.05, 4.69) is 22.9 Å². The Morgan fingerprint density at radius 2 is 1.74 bits per heavy atom. The highest BCUT2D eigenvalue weighted by atomic mass is 79.9. The van der Waals surface area contributed by atoms with Crippen LogP contribution in [0.4, 0.5) is 5.69 Å². The van der Waals surface area contributed by atoms with Crippen molar-refractivity contribution < 1.29 is 4.79 Å². The molecule has 0 aliphatic carbocycles. The van der Waals surface area contributed by atoms with Crippen LogP contribution in [0, 0.1) is 0 Å². The number of nitrogen functional groups attached to an aromatic ring is 1. The highest BCUT2D eigenvalue weighted by Gasteiger charge is 2.10. The molecule has 0 saturated heterocycles. The van der Waals surface area contributed by atoms with Gasteiger partial charge in [0.15, 0.2) is 5.78 Å². The summed E-state index contributed by atoms with van der Waals surface area (Å²) in [6, 6.07) is 13.1. The second-order valence-electron chi connectivity index (χ2n) is 4.51. The molecule has 2 rings (SSSR count). The maximum atomic E-state index is 12.3. The number of anilines is 1. The molecule has 3 heteroatoms. The third-order valence-corrected chi connectivity index (χ3v) is 3.70. The summed E-state index contributed by atoms with van der Waals surface area (Å²) in [7, 11) is 0. The van der Waals surface area contributed by atoms with Crippen LogP contribution in [-0.4, -0.2) is 5.78 Å². The first kappa shape index (κ1) is 13.8. The summed E-state index contributed by atoms with van der Waals surface area (Å²) in [6.07, 6.45) is 2.15. The molecule has 0 aliphatic heterocycles. The Labute approximate surface area is 121 Å². The van der Waals surface area contributed by atoms with E-state index in [1.165, 1.54) is 5.56 Å². The molecule has 0 bridgehead atoms. The predicted octanol–water partition coefficient (Wildman–Crippen LogP) is 4.21. The summed E-state index contributed by atoms with van der Waals surface area (Å²) < 4.78 is 0.751. The van der Waals surface area contributed by atoms with Crippen LogP contribution < -0.4 is 5.73 Å². The van der Waals surface area contributed by atoms with Gasteiger partial charge in [-0.2, -0.15) is 0 Å². The van der Waals surface area contributed by atoms with Gasteiger partial charge in [0.2, 0.25) is 0 Å². The van der Waals surface area contributed by atoms with Gasteiger partial charge in [-0.25, -0.2) is 0 Å². The molecule has 0 heterocycles. The second kappa shape index (κ2) is 6.02. The Kier molecular flexibility index (Phi) is 4.38. The largest absolute Gasteiger partial charge is 0.398 e. The van der Waals surface area contributed by atoms with Crippen molar-refractivity contribution in [2.75, 3.05) is 5.73 Å². The number of carbonyl (C=O) groups is 1. The minimum absolute atomic E-state index is 0.0174. The van der Waals surface area contributed by atoms with Gasteiger partial charge in [0, 0.05) is 21.3 Å². The fraction of sp³-hybridized carbons (Fsp3) is 0.188. The van der Waals surface area contributed by atoms with Gasteiger partial charge in [-0.1, -0.05) is 37.6 Å². The van der Waals surface area contributed by atoms with E-state index >= 15 is 0 Å². The minimum Gasteiger partial charge on any atom is -0.398 e. The number of hydrogen-bond donors (Lipinski definition) is 1. The average molecular weight is 318 g/mol. The molecule has 19 heavy (non-hydrogen) atoms. The van der Waals surface area contributed by atoms with E-state index in [-0.39, 0.29) is 5.78 Å². The zero-order valence-electron chi connectivity index (χ0n) is 10.8. The molecule has 0 atom stereocenters. The van der Waals surface area contributed by atoms with Crippen molar-refractivity contribution in [1.29, 1.82) is 0 Å². The Balaban J connectivity index is 2.25. The van der Waals surface area contributed by atoms with Gasteiger partial charge < -0.3 is 5.73 Å². The average Bonchev–Trinajstić information content (AvgIpc) is 2.42. The third kappa shape index (κ3) is 3.24. The number of ketones is 1. The van der Waals surface area contributed by atoms with Crippen molar-refractivity contribution in [3.63, 3.8) is 0 Å². The highest BCUT2D eigenvalue weighted by Crippen LogP contribution is 2.22. The standard InChI is InChI=1S/C16H16BrNO/c1-2-3-11-4-6-12(7-5-11)16(19)13-8-9-15(18)14(17)10-13/h4-10H,2-3,18H2,1H3. The number of carbonyl (C=O) groups excluding carboxylic acids is 1. The Hall–Kier alpha value is -1.61. The van der Waals surface area contributed by atoms with Gasteiger partial charge >= 0.3 is 0 Å². The smallest absolute Gasteiger partial charge is 0.193 e. The number of benzene rings is 2. The zero-order chi connectivity index (χ0) is 13.8. The molecule has 0 aromatic heterocycles. The van der Waals surface area contributed by atoms with E-state index in [1.807, 2.05) is 24.3 Å². The van der Waals surface area contributed by atoms with Gasteiger partial charge in [-0.05, 0) is 46.1 Å². The van der Waals surface area contributed by atoms with E-state index in [0.29, 0.717) is 16.8 Å². The summed E-state index contributed by atoms with van der Waals surface area (Å²) in [5, 5.41) is 0. The zero-order valence-corrected chi connectivity index (χ0v) is 12.4. The monoisotopic (exact) mass is 317 g/mol. The number of nitrogens with two attached hydrogens (primary N) is 1. The first-order chi connectivity index (χ1) is 9.11. The molecule has 2 nitrogen and oxygen atoms in total. The highest BCUT2D eigenvalue weighted by molar-refractivity contribution is 9.10. The van der Waals surface area contributed by atoms with Crippen LogP contribution in [0.2, 0.25) is 0 Å². The van der Waals surface area contributed by atoms with E-state index in [4.69, 9.17) is 5.73 Å². The van der Waals surface area contributed by atoms with Crippen molar-refractivity contribution >= 4 is 27.4 Å². The van der Waals surface area contributed by atoms with Crippen LogP contribution in [0.1, 0.15) is 34.8 Å². The molecule has 0 fully saturated rings. The lowest BCUT2D eigenvalue weighted by molar-refractivity contribution is 0.103. The van der Waals surface area contributed by atoms with Crippen LogP contribution in [0.15, 0.2) is 46.9 Å². The van der Waals surface area contributed by atoms with Crippen LogP contribution in [0.5, 0.6) is 0 Å². The van der Waals surface area contributed by atoms with Crippen molar-refractivity contribution in [3.05, 3.63) is 63.6 Å². The molecule has 0 radical (unpaired) electrons. The number of rotatable bonds is 4. The van der Waals surface area contributed by atoms with Crippen LogP contribution in [0.3, 0.4) is 0 Å². The molecule has 0 unspecified atom stereocenters. The molecule has 0 amide bonds. The van der Waals surface area contributed by atoms with E-state index < -0.39 is 0 Å². The molecular weight excluding hydrogens is 302 g/mol. The number of hydrogen-bond acceptors (Lipinski definition) is 2. The first-order valence-corrected chi connectivity index (χ1v) is 7.09. The molecule has 2 N–H and O–H groups in total. The lowest BCUT2D eigenvalue weighted by atomic mass is 10.0. The summed E-state index contributed by atoms with van der Waals surface area (Å²) in [5.41, 5.74) is 8.97. The summed E-state index contributed by atoms with van der Waals surface area (Å²) in [6.45, 7) is 2.14. The van der Waals surface area contributed by atoms with Crippen molar-refractivity contribution in [2.24, 2.45) is 0 Å². The SMILES string of the molecule is CCCc1ccc(C(=O)c2ccc(N)c(Br)c2)cc1. The van der Waals surface area contributed by atoms with Crippen LogP contribution in [-0.2, 0) is 6.42 Å². The summed E-state index contributed by atoms with van der Waals surface area (Å²) >= 11 is 3.34. The Morgan fingerprint density at radius 1 is 1.11 bits per heavy atom. The van der Waals surface area contributed by atoms with E-state index in [9.17, 15) is 4.79 Å². The van der Waals surface area contributed by atoms with Gasteiger partial charge in [0.1, 0.15) is 0 Å². The summed E-state index contributed by atoms with van der Waals surface area (Å²) in [4.78, 5) is 12.3.